The number of phenols is 1. The fraction of sp³-hybridized carbons (Fsp3) is 0.0769. The first-order valence-electron chi connectivity index (χ1n) is 5.15. The van der Waals surface area contributed by atoms with Gasteiger partial charge in [-0.25, -0.2) is 8.78 Å². The summed E-state index contributed by atoms with van der Waals surface area (Å²) in [5.74, 6) is -0.959. The molecule has 0 unspecified atom stereocenters. The lowest BCUT2D eigenvalue weighted by Gasteiger charge is -2.06. The van der Waals surface area contributed by atoms with Gasteiger partial charge in [0, 0.05) is 23.5 Å². The summed E-state index contributed by atoms with van der Waals surface area (Å²) in [7, 11) is 0. The molecule has 0 aliphatic heterocycles. The van der Waals surface area contributed by atoms with Crippen molar-refractivity contribution in [1.29, 1.82) is 0 Å². The average molecular weight is 249 g/mol. The second kappa shape index (κ2) is 4.91. The molecule has 1 aromatic carbocycles. The van der Waals surface area contributed by atoms with Crippen molar-refractivity contribution in [2.45, 2.75) is 6.43 Å². The minimum atomic E-state index is -2.77. The van der Waals surface area contributed by atoms with Crippen LogP contribution in [0, 0.1) is 0 Å². The van der Waals surface area contributed by atoms with Gasteiger partial charge in [0.1, 0.15) is 5.75 Å². The van der Waals surface area contributed by atoms with Crippen molar-refractivity contribution < 1.29 is 18.7 Å². The molecule has 0 aliphatic rings. The summed E-state index contributed by atoms with van der Waals surface area (Å²) in [6.07, 6.45) is 0.127. The van der Waals surface area contributed by atoms with Gasteiger partial charge in [-0.05, 0) is 24.3 Å². The molecule has 0 amide bonds. The lowest BCUT2D eigenvalue weighted by atomic mass is 10.0. The lowest BCUT2D eigenvalue weighted by Crippen LogP contribution is -2.02. The Morgan fingerprint density at radius 2 is 2.00 bits per heavy atom. The van der Waals surface area contributed by atoms with Gasteiger partial charge in [-0.2, -0.15) is 0 Å². The van der Waals surface area contributed by atoms with Crippen molar-refractivity contribution in [3.63, 3.8) is 0 Å². The van der Waals surface area contributed by atoms with Gasteiger partial charge in [0.25, 0.3) is 6.43 Å². The van der Waals surface area contributed by atoms with E-state index in [1.165, 1.54) is 18.5 Å². The number of carbonyl (C=O) groups is 1. The van der Waals surface area contributed by atoms with Gasteiger partial charge in [0.2, 0.25) is 0 Å². The maximum Gasteiger partial charge on any atom is 0.267 e. The van der Waals surface area contributed by atoms with Crippen LogP contribution in [0.5, 0.6) is 5.75 Å². The molecule has 2 rings (SSSR count). The smallest absolute Gasteiger partial charge is 0.267 e. The maximum absolute atomic E-state index is 12.4. The van der Waals surface area contributed by atoms with Crippen LogP contribution in [0.1, 0.15) is 27.9 Å². The third kappa shape index (κ3) is 2.34. The van der Waals surface area contributed by atoms with E-state index in [1.54, 1.807) is 12.1 Å². The van der Waals surface area contributed by atoms with Gasteiger partial charge < -0.3 is 5.11 Å². The number of pyridine rings is 1. The summed E-state index contributed by atoms with van der Waals surface area (Å²) in [5, 5.41) is 9.41. The van der Waals surface area contributed by atoms with Crippen LogP contribution in [0.3, 0.4) is 0 Å². The van der Waals surface area contributed by atoms with Crippen LogP contribution in [0.4, 0.5) is 8.78 Å². The molecule has 0 fully saturated rings. The highest BCUT2D eigenvalue weighted by Crippen LogP contribution is 2.29. The van der Waals surface area contributed by atoms with E-state index >= 15 is 0 Å². The van der Waals surface area contributed by atoms with Gasteiger partial charge in [-0.1, -0.05) is 6.07 Å². The zero-order valence-electron chi connectivity index (χ0n) is 9.18. The zero-order valence-corrected chi connectivity index (χ0v) is 9.18. The van der Waals surface area contributed by atoms with Crippen LogP contribution in [0.25, 0.3) is 0 Å². The summed E-state index contributed by atoms with van der Waals surface area (Å²) in [6, 6.07) is 6.50. The number of hydrogen-bond donors (Lipinski definition) is 1. The highest BCUT2D eigenvalue weighted by molar-refractivity contribution is 6.09. The van der Waals surface area contributed by atoms with Gasteiger partial charge >= 0.3 is 0 Å². The molecule has 0 aliphatic carbocycles. The lowest BCUT2D eigenvalue weighted by molar-refractivity contribution is 0.103. The van der Waals surface area contributed by atoms with E-state index in [2.05, 4.69) is 4.98 Å². The van der Waals surface area contributed by atoms with Crippen molar-refractivity contribution >= 4 is 5.78 Å². The van der Waals surface area contributed by atoms with E-state index in [0.717, 1.165) is 12.1 Å². The molecule has 92 valence electrons. The number of nitrogens with zero attached hydrogens (tertiary/aromatic N) is 1. The molecule has 0 atom stereocenters. The van der Waals surface area contributed by atoms with Gasteiger partial charge in [-0.15, -0.1) is 0 Å². The molecule has 0 saturated heterocycles. The van der Waals surface area contributed by atoms with Crippen LogP contribution < -0.4 is 0 Å². The molecule has 0 spiro atoms. The topological polar surface area (TPSA) is 50.2 Å². The molecule has 2 aromatic rings. The number of alkyl halides is 2. The Morgan fingerprint density at radius 1 is 1.22 bits per heavy atom. The maximum atomic E-state index is 12.4. The molecule has 3 nitrogen and oxygen atoms in total. The Labute approximate surface area is 102 Å². The fourth-order valence-corrected chi connectivity index (χ4v) is 1.53. The molecule has 1 N–H and O–H groups in total. The van der Waals surface area contributed by atoms with Crippen molar-refractivity contribution in [3.8, 4) is 5.75 Å². The third-order valence-electron chi connectivity index (χ3n) is 2.45. The molecule has 1 aromatic heterocycles. The van der Waals surface area contributed by atoms with E-state index in [4.69, 9.17) is 0 Å². The fourth-order valence-electron chi connectivity index (χ4n) is 1.53. The number of aromatic nitrogens is 1. The molecule has 0 saturated carbocycles. The number of rotatable bonds is 3. The van der Waals surface area contributed by atoms with Gasteiger partial charge in [0.05, 0.1) is 5.56 Å². The third-order valence-corrected chi connectivity index (χ3v) is 2.45. The summed E-state index contributed by atoms with van der Waals surface area (Å²) >= 11 is 0. The zero-order chi connectivity index (χ0) is 13.1. The van der Waals surface area contributed by atoms with Gasteiger partial charge in [-0.3, -0.25) is 9.78 Å². The number of halogens is 2. The van der Waals surface area contributed by atoms with Crippen molar-refractivity contribution in [3.05, 3.63) is 59.4 Å². The van der Waals surface area contributed by atoms with E-state index < -0.39 is 17.7 Å². The van der Waals surface area contributed by atoms with Crippen molar-refractivity contribution in [1.82, 2.24) is 4.98 Å². The predicted molar refractivity (Wildman–Crippen MR) is 60.7 cm³/mol. The largest absolute Gasteiger partial charge is 0.507 e. The minimum absolute atomic E-state index is 0.143. The number of ketones is 1. The quantitative estimate of drug-likeness (QED) is 0.851. The van der Waals surface area contributed by atoms with Crippen molar-refractivity contribution in [2.75, 3.05) is 0 Å². The Hall–Kier alpha value is -2.30. The molecule has 5 heteroatoms. The number of carbonyl (C=O) groups excluding carboxylic acids is 1. The average Bonchev–Trinajstić information content (AvgIpc) is 2.38. The minimum Gasteiger partial charge on any atom is -0.507 e. The Balaban J connectivity index is 2.36. The highest BCUT2D eigenvalue weighted by atomic mass is 19.3. The summed E-state index contributed by atoms with van der Waals surface area (Å²) in [5.41, 5.74) is -0.00988. The molecule has 0 bridgehead atoms. The standard InChI is InChI=1S/C13H9F2NO2/c14-13(15)10-4-3-8(6-11(10)17)12(18)9-2-1-5-16-7-9/h1-7,13,17H. The predicted octanol–water partition coefficient (Wildman–Crippen LogP) is 2.96. The van der Waals surface area contributed by atoms with E-state index in [0.29, 0.717) is 5.56 Å². The van der Waals surface area contributed by atoms with Crippen molar-refractivity contribution in [2.24, 2.45) is 0 Å². The van der Waals surface area contributed by atoms with Gasteiger partial charge in [0.15, 0.2) is 5.78 Å². The Kier molecular flexibility index (Phi) is 3.32. The number of benzene rings is 1. The second-order valence-corrected chi connectivity index (χ2v) is 3.65. The Morgan fingerprint density at radius 3 is 2.56 bits per heavy atom. The first-order chi connectivity index (χ1) is 8.59. The van der Waals surface area contributed by atoms with E-state index in [9.17, 15) is 18.7 Å². The normalized spacial score (nSPS) is 10.6. The SMILES string of the molecule is O=C(c1cccnc1)c1ccc(C(F)F)c(O)c1. The first kappa shape index (κ1) is 12.2. The van der Waals surface area contributed by atoms with Crippen LogP contribution in [0.2, 0.25) is 0 Å². The van der Waals surface area contributed by atoms with Crippen LogP contribution in [0.15, 0.2) is 42.7 Å². The van der Waals surface area contributed by atoms with Crippen LogP contribution in [-0.2, 0) is 0 Å². The summed E-state index contributed by atoms with van der Waals surface area (Å²) < 4.78 is 24.9. The number of aromatic hydroxyl groups is 1. The number of hydrogen-bond acceptors (Lipinski definition) is 3. The molecule has 1 heterocycles. The first-order valence-corrected chi connectivity index (χ1v) is 5.15. The van der Waals surface area contributed by atoms with E-state index in [1.807, 2.05) is 0 Å². The summed E-state index contributed by atoms with van der Waals surface area (Å²) in [4.78, 5) is 15.7. The molecular weight excluding hydrogens is 240 g/mol. The van der Waals surface area contributed by atoms with Crippen LogP contribution in [-0.4, -0.2) is 15.9 Å². The van der Waals surface area contributed by atoms with Crippen LogP contribution >= 0.6 is 0 Å². The Bertz CT molecular complexity index is 570. The monoisotopic (exact) mass is 249 g/mol. The summed E-state index contributed by atoms with van der Waals surface area (Å²) in [6.45, 7) is 0. The molecule has 0 radical (unpaired) electrons. The highest BCUT2D eigenvalue weighted by Gasteiger charge is 2.16. The molecule has 18 heavy (non-hydrogen) atoms. The van der Waals surface area contributed by atoms with E-state index in [-0.39, 0.29) is 11.3 Å². The number of phenolic OH excluding ortho intramolecular Hbond substituents is 1. The second-order valence-electron chi connectivity index (χ2n) is 3.65. The molecular formula is C13H9F2NO2.